The van der Waals surface area contributed by atoms with Gasteiger partial charge >= 0.3 is 10.1 Å². The van der Waals surface area contributed by atoms with Crippen LogP contribution in [0.4, 0.5) is 4.39 Å². The van der Waals surface area contributed by atoms with Crippen LogP contribution < -0.4 is 0 Å². The number of amides is 2. The van der Waals surface area contributed by atoms with Crippen molar-refractivity contribution in [3.8, 4) is 0 Å². The highest BCUT2D eigenvalue weighted by Crippen LogP contribution is 2.31. The summed E-state index contributed by atoms with van der Waals surface area (Å²) < 4.78 is 43.3. The van der Waals surface area contributed by atoms with Gasteiger partial charge in [0, 0.05) is 5.39 Å². The Balaban J connectivity index is 1.80. The Kier molecular flexibility index (Phi) is 3.83. The van der Waals surface area contributed by atoms with E-state index in [0.29, 0.717) is 10.8 Å². The van der Waals surface area contributed by atoms with E-state index >= 15 is 0 Å². The minimum absolute atomic E-state index is 0.0920. The summed E-state index contributed by atoms with van der Waals surface area (Å²) in [5.41, 5.74) is 0.414. The molecule has 2 amide bonds. The van der Waals surface area contributed by atoms with Crippen molar-refractivity contribution < 1.29 is 26.7 Å². The topological polar surface area (TPSA) is 80.8 Å². The molecule has 0 radical (unpaired) electrons. The fourth-order valence-electron chi connectivity index (χ4n) is 3.11. The predicted molar refractivity (Wildman–Crippen MR) is 93.9 cm³/mol. The van der Waals surface area contributed by atoms with Crippen molar-refractivity contribution in [3.63, 3.8) is 0 Å². The van der Waals surface area contributed by atoms with Crippen LogP contribution in [0.15, 0.2) is 59.5 Å². The molecule has 1 aliphatic rings. The Hall–Kier alpha value is -3.10. The van der Waals surface area contributed by atoms with Gasteiger partial charge in [-0.3, -0.25) is 9.59 Å². The van der Waals surface area contributed by atoms with Crippen LogP contribution in [-0.2, 0) is 14.4 Å². The van der Waals surface area contributed by atoms with Crippen LogP contribution in [0.5, 0.6) is 0 Å². The average Bonchev–Trinajstić information content (AvgIpc) is 2.62. The first-order chi connectivity index (χ1) is 12.8. The highest BCUT2D eigenvalue weighted by molar-refractivity contribution is 7.86. The highest BCUT2D eigenvalue weighted by atomic mass is 32.2. The fourth-order valence-corrected chi connectivity index (χ4v) is 4.21. The summed E-state index contributed by atoms with van der Waals surface area (Å²) in [4.78, 5) is 25.1. The number of benzene rings is 3. The molecule has 0 spiro atoms. The van der Waals surface area contributed by atoms with E-state index in [9.17, 15) is 22.4 Å². The van der Waals surface area contributed by atoms with Crippen molar-refractivity contribution in [2.45, 2.75) is 11.8 Å². The molecule has 0 atom stereocenters. The zero-order valence-corrected chi connectivity index (χ0v) is 14.8. The molecular weight excluding hydrogens is 373 g/mol. The monoisotopic (exact) mass is 385 g/mol. The first-order valence-electron chi connectivity index (χ1n) is 7.91. The zero-order valence-electron chi connectivity index (χ0n) is 14.0. The molecule has 27 heavy (non-hydrogen) atoms. The molecule has 136 valence electrons. The maximum absolute atomic E-state index is 13.3. The first kappa shape index (κ1) is 17.3. The Morgan fingerprint density at radius 2 is 1.52 bits per heavy atom. The minimum atomic E-state index is -4.53. The Morgan fingerprint density at radius 1 is 0.926 bits per heavy atom. The highest BCUT2D eigenvalue weighted by Gasteiger charge is 2.37. The molecule has 6 nitrogen and oxygen atoms in total. The number of hydrogen-bond acceptors (Lipinski definition) is 5. The molecule has 0 fully saturated rings. The third-order valence-electron chi connectivity index (χ3n) is 4.31. The quantitative estimate of drug-likeness (QED) is 0.647. The van der Waals surface area contributed by atoms with E-state index < -0.39 is 27.7 Å². The predicted octanol–water partition coefficient (Wildman–Crippen LogP) is 3.20. The molecule has 0 aromatic heterocycles. The van der Waals surface area contributed by atoms with E-state index in [4.69, 9.17) is 4.28 Å². The number of hydrogen-bond donors (Lipinski definition) is 0. The number of imide groups is 1. The molecule has 4 rings (SSSR count). The van der Waals surface area contributed by atoms with E-state index in [1.54, 1.807) is 24.3 Å². The van der Waals surface area contributed by atoms with Gasteiger partial charge in [-0.25, -0.2) is 4.39 Å². The summed E-state index contributed by atoms with van der Waals surface area (Å²) in [6, 6.07) is 12.7. The van der Waals surface area contributed by atoms with Crippen molar-refractivity contribution in [1.29, 1.82) is 0 Å². The van der Waals surface area contributed by atoms with Crippen molar-refractivity contribution in [3.05, 3.63) is 77.1 Å². The maximum Gasteiger partial charge on any atom is 0.318 e. The van der Waals surface area contributed by atoms with Gasteiger partial charge in [-0.1, -0.05) is 24.3 Å². The number of aryl methyl sites for hydroxylation is 1. The third-order valence-corrected chi connectivity index (χ3v) is 5.66. The molecule has 3 aromatic rings. The van der Waals surface area contributed by atoms with Crippen LogP contribution in [0, 0.1) is 12.7 Å². The SMILES string of the molecule is Cc1cc(F)ccc1S(=O)(=O)ON1C(=O)c2cccc3cccc(c23)C1=O. The number of hydroxylamine groups is 2. The van der Waals surface area contributed by atoms with E-state index in [1.807, 2.05) is 0 Å². The number of carbonyl (C=O) groups is 2. The number of carbonyl (C=O) groups excluding carboxylic acids is 2. The lowest BCUT2D eigenvalue weighted by molar-refractivity contribution is -0.0155. The summed E-state index contributed by atoms with van der Waals surface area (Å²) in [7, 11) is -4.53. The van der Waals surface area contributed by atoms with Crippen LogP contribution in [-0.4, -0.2) is 25.3 Å². The summed E-state index contributed by atoms with van der Waals surface area (Å²) in [6.45, 7) is 1.38. The minimum Gasteiger partial charge on any atom is -0.266 e. The van der Waals surface area contributed by atoms with Gasteiger partial charge in [0.15, 0.2) is 0 Å². The zero-order chi connectivity index (χ0) is 19.3. The summed E-state index contributed by atoms with van der Waals surface area (Å²) in [6.07, 6.45) is 0. The Bertz CT molecular complexity index is 1190. The van der Waals surface area contributed by atoms with Crippen molar-refractivity contribution in [2.24, 2.45) is 0 Å². The Morgan fingerprint density at radius 3 is 2.07 bits per heavy atom. The lowest BCUT2D eigenvalue weighted by Crippen LogP contribution is -2.41. The molecule has 3 aromatic carbocycles. The summed E-state index contributed by atoms with van der Waals surface area (Å²) >= 11 is 0. The molecule has 0 saturated heterocycles. The molecule has 0 bridgehead atoms. The maximum atomic E-state index is 13.3. The summed E-state index contributed by atoms with van der Waals surface area (Å²) in [5, 5.41) is 1.36. The lowest BCUT2D eigenvalue weighted by atomic mass is 9.95. The molecule has 0 aliphatic carbocycles. The van der Waals surface area contributed by atoms with E-state index in [0.717, 1.165) is 18.2 Å². The number of rotatable bonds is 3. The fraction of sp³-hybridized carbons (Fsp3) is 0.0526. The largest absolute Gasteiger partial charge is 0.318 e. The second-order valence-electron chi connectivity index (χ2n) is 6.05. The first-order valence-corrected chi connectivity index (χ1v) is 9.32. The molecule has 0 unspecified atom stereocenters. The molecule has 1 aliphatic heterocycles. The van der Waals surface area contributed by atoms with Crippen LogP contribution in [0.1, 0.15) is 26.3 Å². The van der Waals surface area contributed by atoms with E-state index in [-0.39, 0.29) is 26.6 Å². The third kappa shape index (κ3) is 2.70. The lowest BCUT2D eigenvalue weighted by Gasteiger charge is -2.25. The molecule has 0 N–H and O–H groups in total. The molecule has 0 saturated carbocycles. The molecular formula is C19H12FNO5S. The van der Waals surface area contributed by atoms with Crippen molar-refractivity contribution in [2.75, 3.05) is 0 Å². The summed E-state index contributed by atoms with van der Waals surface area (Å²) in [5.74, 6) is -2.38. The van der Waals surface area contributed by atoms with Crippen LogP contribution in [0.25, 0.3) is 10.8 Å². The second kappa shape index (κ2) is 5.97. The van der Waals surface area contributed by atoms with Crippen molar-refractivity contribution in [1.82, 2.24) is 5.06 Å². The average molecular weight is 385 g/mol. The van der Waals surface area contributed by atoms with Crippen LogP contribution in [0.3, 0.4) is 0 Å². The second-order valence-corrected chi connectivity index (χ2v) is 7.55. The normalized spacial score (nSPS) is 14.1. The number of halogens is 1. The van der Waals surface area contributed by atoms with Crippen LogP contribution >= 0.6 is 0 Å². The van der Waals surface area contributed by atoms with Gasteiger partial charge in [0.1, 0.15) is 5.82 Å². The van der Waals surface area contributed by atoms with Gasteiger partial charge in [-0.2, -0.15) is 8.42 Å². The molecule has 1 heterocycles. The van der Waals surface area contributed by atoms with E-state index in [2.05, 4.69) is 0 Å². The van der Waals surface area contributed by atoms with Crippen LogP contribution in [0.2, 0.25) is 0 Å². The van der Waals surface area contributed by atoms with Gasteiger partial charge in [-0.05, 0) is 48.2 Å². The number of nitrogens with zero attached hydrogens (tertiary/aromatic N) is 1. The molecule has 8 heteroatoms. The van der Waals surface area contributed by atoms with Gasteiger partial charge in [0.05, 0.1) is 16.0 Å². The Labute approximate surface area is 153 Å². The van der Waals surface area contributed by atoms with Crippen molar-refractivity contribution >= 4 is 32.7 Å². The van der Waals surface area contributed by atoms with Gasteiger partial charge in [-0.15, -0.1) is 9.35 Å². The van der Waals surface area contributed by atoms with E-state index in [1.165, 1.54) is 19.1 Å². The van der Waals surface area contributed by atoms with Gasteiger partial charge in [0.25, 0.3) is 11.8 Å². The smallest absolute Gasteiger partial charge is 0.266 e. The van der Waals surface area contributed by atoms with Gasteiger partial charge in [0.2, 0.25) is 0 Å². The van der Waals surface area contributed by atoms with Gasteiger partial charge < -0.3 is 0 Å². The standard InChI is InChI=1S/C19H12FNO5S/c1-11-10-13(20)8-9-16(11)27(24,25)26-21-18(22)14-6-2-4-12-5-3-7-15(17(12)14)19(21)23/h2-10H,1H3.